The first kappa shape index (κ1) is 12.7. The predicted octanol–water partition coefficient (Wildman–Crippen LogP) is 1.61. The molecule has 0 radical (unpaired) electrons. The first-order chi connectivity index (χ1) is 6.52. The van der Waals surface area contributed by atoms with Crippen LogP contribution in [0.25, 0.3) is 0 Å². The molecule has 0 amide bonds. The van der Waals surface area contributed by atoms with Gasteiger partial charge in [0, 0.05) is 12.2 Å². The smallest absolute Gasteiger partial charge is 0.331 e. The zero-order valence-electron chi connectivity index (χ0n) is 8.53. The van der Waals surface area contributed by atoms with Crippen LogP contribution >= 0.6 is 0 Å². The average molecular weight is 200 g/mol. The summed E-state index contributed by atoms with van der Waals surface area (Å²) in [5.74, 6) is -1.16. The molecule has 4 nitrogen and oxygen atoms in total. The SMILES string of the molecule is CC(C)CCCOC(=O)/C=C/C(=O)O. The molecule has 4 heteroatoms. The largest absolute Gasteiger partial charge is 0.478 e. The van der Waals surface area contributed by atoms with Crippen molar-refractivity contribution in [3.05, 3.63) is 12.2 Å². The Labute approximate surface area is 83.6 Å². The van der Waals surface area contributed by atoms with Gasteiger partial charge in [-0.15, -0.1) is 0 Å². The van der Waals surface area contributed by atoms with Crippen molar-refractivity contribution in [2.75, 3.05) is 6.61 Å². The minimum atomic E-state index is -1.15. The van der Waals surface area contributed by atoms with Crippen LogP contribution in [0.4, 0.5) is 0 Å². The van der Waals surface area contributed by atoms with Crippen molar-refractivity contribution in [1.29, 1.82) is 0 Å². The summed E-state index contributed by atoms with van der Waals surface area (Å²) in [6.07, 6.45) is 3.49. The molecule has 0 aromatic heterocycles. The number of carboxylic acids is 1. The molecule has 0 bridgehead atoms. The van der Waals surface area contributed by atoms with Gasteiger partial charge in [0.1, 0.15) is 0 Å². The molecule has 0 aliphatic heterocycles. The van der Waals surface area contributed by atoms with E-state index in [9.17, 15) is 9.59 Å². The molecule has 0 spiro atoms. The Morgan fingerprint density at radius 2 is 2.00 bits per heavy atom. The fourth-order valence-corrected chi connectivity index (χ4v) is 0.852. The lowest BCUT2D eigenvalue weighted by Crippen LogP contribution is -2.04. The topological polar surface area (TPSA) is 63.6 Å². The molecular formula is C10H16O4. The summed E-state index contributed by atoms with van der Waals surface area (Å²) in [5.41, 5.74) is 0. The predicted molar refractivity (Wildman–Crippen MR) is 51.8 cm³/mol. The summed E-state index contributed by atoms with van der Waals surface area (Å²) < 4.78 is 4.75. The van der Waals surface area contributed by atoms with Crippen molar-refractivity contribution >= 4 is 11.9 Å². The minimum Gasteiger partial charge on any atom is -0.478 e. The Kier molecular flexibility index (Phi) is 6.45. The number of aliphatic carboxylic acids is 1. The van der Waals surface area contributed by atoms with E-state index in [2.05, 4.69) is 13.8 Å². The van der Waals surface area contributed by atoms with Crippen molar-refractivity contribution in [1.82, 2.24) is 0 Å². The third-order valence-electron chi connectivity index (χ3n) is 1.53. The molecule has 14 heavy (non-hydrogen) atoms. The summed E-state index contributed by atoms with van der Waals surface area (Å²) >= 11 is 0. The Bertz CT molecular complexity index is 218. The Morgan fingerprint density at radius 3 is 2.50 bits per heavy atom. The molecule has 0 saturated carbocycles. The van der Waals surface area contributed by atoms with E-state index in [0.717, 1.165) is 25.0 Å². The lowest BCUT2D eigenvalue weighted by Gasteiger charge is -2.03. The van der Waals surface area contributed by atoms with E-state index in [4.69, 9.17) is 9.84 Å². The Hall–Kier alpha value is -1.32. The quantitative estimate of drug-likeness (QED) is 0.402. The molecule has 0 aliphatic carbocycles. The van der Waals surface area contributed by atoms with Gasteiger partial charge in [-0.05, 0) is 18.8 Å². The van der Waals surface area contributed by atoms with Gasteiger partial charge < -0.3 is 9.84 Å². The fourth-order valence-electron chi connectivity index (χ4n) is 0.852. The van der Waals surface area contributed by atoms with Crippen molar-refractivity contribution in [3.8, 4) is 0 Å². The van der Waals surface area contributed by atoms with Crippen LogP contribution < -0.4 is 0 Å². The molecule has 0 fully saturated rings. The van der Waals surface area contributed by atoms with Gasteiger partial charge in [0.25, 0.3) is 0 Å². The van der Waals surface area contributed by atoms with E-state index in [1.807, 2.05) is 0 Å². The van der Waals surface area contributed by atoms with Gasteiger partial charge >= 0.3 is 11.9 Å². The lowest BCUT2D eigenvalue weighted by atomic mass is 10.1. The summed E-state index contributed by atoms with van der Waals surface area (Å²) in [6.45, 7) is 4.53. The van der Waals surface area contributed by atoms with Crippen molar-refractivity contribution in [2.45, 2.75) is 26.7 Å². The van der Waals surface area contributed by atoms with E-state index >= 15 is 0 Å². The van der Waals surface area contributed by atoms with Gasteiger partial charge in [0.2, 0.25) is 0 Å². The van der Waals surface area contributed by atoms with Crippen LogP contribution in [0, 0.1) is 5.92 Å². The zero-order chi connectivity index (χ0) is 11.0. The first-order valence-electron chi connectivity index (χ1n) is 4.60. The van der Waals surface area contributed by atoms with Gasteiger partial charge in [-0.1, -0.05) is 13.8 Å². The Balaban J connectivity index is 3.50. The monoisotopic (exact) mass is 200 g/mol. The van der Waals surface area contributed by atoms with Gasteiger partial charge in [0.05, 0.1) is 6.61 Å². The number of rotatable bonds is 6. The van der Waals surface area contributed by atoms with Crippen LogP contribution in [-0.2, 0) is 14.3 Å². The highest BCUT2D eigenvalue weighted by atomic mass is 16.5. The maximum Gasteiger partial charge on any atom is 0.331 e. The van der Waals surface area contributed by atoms with E-state index in [-0.39, 0.29) is 0 Å². The molecule has 0 saturated heterocycles. The number of esters is 1. The van der Waals surface area contributed by atoms with Crippen LogP contribution in [0.2, 0.25) is 0 Å². The van der Waals surface area contributed by atoms with Crippen LogP contribution in [0.15, 0.2) is 12.2 Å². The highest BCUT2D eigenvalue weighted by Crippen LogP contribution is 2.03. The standard InChI is InChI=1S/C10H16O4/c1-8(2)4-3-7-14-10(13)6-5-9(11)12/h5-6,8H,3-4,7H2,1-2H3,(H,11,12)/b6-5+. The van der Waals surface area contributed by atoms with Gasteiger partial charge in [-0.25, -0.2) is 9.59 Å². The second kappa shape index (κ2) is 7.12. The van der Waals surface area contributed by atoms with Crippen LogP contribution in [0.1, 0.15) is 26.7 Å². The number of hydrogen-bond donors (Lipinski definition) is 1. The zero-order valence-corrected chi connectivity index (χ0v) is 8.53. The maximum atomic E-state index is 10.8. The van der Waals surface area contributed by atoms with Crippen LogP contribution in [0.3, 0.4) is 0 Å². The first-order valence-corrected chi connectivity index (χ1v) is 4.60. The van der Waals surface area contributed by atoms with E-state index < -0.39 is 11.9 Å². The average Bonchev–Trinajstić information content (AvgIpc) is 2.08. The van der Waals surface area contributed by atoms with Crippen LogP contribution in [-0.4, -0.2) is 23.7 Å². The number of carboxylic acid groups (broad SMARTS) is 1. The van der Waals surface area contributed by atoms with E-state index in [0.29, 0.717) is 12.5 Å². The molecule has 0 unspecified atom stereocenters. The molecule has 0 rings (SSSR count). The molecule has 80 valence electrons. The van der Waals surface area contributed by atoms with Crippen LogP contribution in [0.5, 0.6) is 0 Å². The molecular weight excluding hydrogens is 184 g/mol. The summed E-state index contributed by atoms with van der Waals surface area (Å²) in [7, 11) is 0. The number of carbonyl (C=O) groups excluding carboxylic acids is 1. The van der Waals surface area contributed by atoms with Crippen molar-refractivity contribution in [3.63, 3.8) is 0 Å². The Morgan fingerprint density at radius 1 is 1.36 bits per heavy atom. The van der Waals surface area contributed by atoms with Gasteiger partial charge in [0.15, 0.2) is 0 Å². The molecule has 0 aromatic carbocycles. The molecule has 0 heterocycles. The van der Waals surface area contributed by atoms with Crippen molar-refractivity contribution < 1.29 is 19.4 Å². The maximum absolute atomic E-state index is 10.8. The fraction of sp³-hybridized carbons (Fsp3) is 0.600. The van der Waals surface area contributed by atoms with E-state index in [1.165, 1.54) is 0 Å². The summed E-state index contributed by atoms with van der Waals surface area (Å²) in [4.78, 5) is 20.8. The third kappa shape index (κ3) is 8.77. The lowest BCUT2D eigenvalue weighted by molar-refractivity contribution is -0.138. The normalized spacial score (nSPS) is 10.8. The minimum absolute atomic E-state index is 0.348. The highest BCUT2D eigenvalue weighted by molar-refractivity contribution is 5.90. The third-order valence-corrected chi connectivity index (χ3v) is 1.53. The number of hydrogen-bond acceptors (Lipinski definition) is 3. The molecule has 0 aromatic rings. The second-order valence-corrected chi connectivity index (χ2v) is 3.38. The summed E-state index contributed by atoms with van der Waals surface area (Å²) in [5, 5.41) is 8.21. The highest BCUT2D eigenvalue weighted by Gasteiger charge is 1.99. The number of ether oxygens (including phenoxy) is 1. The summed E-state index contributed by atoms with van der Waals surface area (Å²) in [6, 6.07) is 0. The van der Waals surface area contributed by atoms with E-state index in [1.54, 1.807) is 0 Å². The molecule has 0 aliphatic rings. The molecule has 0 atom stereocenters. The molecule has 1 N–H and O–H groups in total. The number of carbonyl (C=O) groups is 2. The van der Waals surface area contributed by atoms with Crippen molar-refractivity contribution in [2.24, 2.45) is 5.92 Å². The second-order valence-electron chi connectivity index (χ2n) is 3.38. The van der Waals surface area contributed by atoms with Gasteiger partial charge in [-0.3, -0.25) is 0 Å². The van der Waals surface area contributed by atoms with Gasteiger partial charge in [-0.2, -0.15) is 0 Å².